The minimum Gasteiger partial charge on any atom is -0.333 e. The molecule has 200 valence electrons. The Morgan fingerprint density at radius 1 is 1.03 bits per heavy atom. The van der Waals surface area contributed by atoms with Crippen molar-refractivity contribution in [3.05, 3.63) is 89.2 Å². The third kappa shape index (κ3) is 4.53. The monoisotopic (exact) mass is 535 g/mol. The van der Waals surface area contributed by atoms with Crippen LogP contribution >= 0.6 is 0 Å². The van der Waals surface area contributed by atoms with Gasteiger partial charge >= 0.3 is 6.18 Å². The van der Waals surface area contributed by atoms with Crippen molar-refractivity contribution in [1.82, 2.24) is 28.7 Å². The summed E-state index contributed by atoms with van der Waals surface area (Å²) in [4.78, 5) is 13.1. The van der Waals surface area contributed by atoms with Crippen molar-refractivity contribution in [3.63, 3.8) is 0 Å². The van der Waals surface area contributed by atoms with Crippen LogP contribution in [0.5, 0.6) is 0 Å². The molecule has 39 heavy (non-hydrogen) atoms. The fourth-order valence-electron chi connectivity index (χ4n) is 4.75. The van der Waals surface area contributed by atoms with Crippen molar-refractivity contribution in [2.24, 2.45) is 14.1 Å². The molecule has 0 unspecified atom stereocenters. The third-order valence-electron chi connectivity index (χ3n) is 6.61. The molecule has 0 atom stereocenters. The first-order valence-corrected chi connectivity index (χ1v) is 12.0. The predicted molar refractivity (Wildman–Crippen MR) is 140 cm³/mol. The number of aryl methyl sites for hydroxylation is 3. The number of hydrogen-bond acceptors (Lipinski definition) is 4. The van der Waals surface area contributed by atoms with Gasteiger partial charge in [-0.1, -0.05) is 43.0 Å². The molecule has 11 heteroatoms. The summed E-state index contributed by atoms with van der Waals surface area (Å²) in [5, 5.41) is 8.72. The third-order valence-corrected chi connectivity index (χ3v) is 6.61. The average Bonchev–Trinajstić information content (AvgIpc) is 3.38. The molecule has 3 heterocycles. The lowest BCUT2D eigenvalue weighted by Crippen LogP contribution is -2.23. The maximum absolute atomic E-state index is 14.7. The molecule has 0 aliphatic rings. The number of rotatable bonds is 5. The second kappa shape index (κ2) is 9.33. The van der Waals surface area contributed by atoms with Gasteiger partial charge < -0.3 is 9.13 Å². The Balaban J connectivity index is 1.57. The number of aromatic nitrogens is 6. The van der Waals surface area contributed by atoms with Gasteiger partial charge in [-0.25, -0.2) is 19.3 Å². The van der Waals surface area contributed by atoms with Gasteiger partial charge in [-0.2, -0.15) is 13.2 Å². The van der Waals surface area contributed by atoms with E-state index in [-0.39, 0.29) is 18.0 Å². The molecule has 0 radical (unpaired) electrons. The first kappa shape index (κ1) is 26.1. The van der Waals surface area contributed by atoms with E-state index in [4.69, 9.17) is 10.4 Å². The van der Waals surface area contributed by atoms with Gasteiger partial charge in [0.2, 0.25) is 5.62 Å². The van der Waals surface area contributed by atoms with E-state index in [0.29, 0.717) is 44.9 Å². The maximum Gasteiger partial charge on any atom is 0.434 e. The van der Waals surface area contributed by atoms with Crippen molar-refractivity contribution in [1.29, 1.82) is 5.41 Å². The minimum absolute atomic E-state index is 0.182. The van der Waals surface area contributed by atoms with Crippen LogP contribution in [0.4, 0.5) is 17.6 Å². The molecule has 0 saturated carbocycles. The predicted octanol–water partition coefficient (Wildman–Crippen LogP) is 5.86. The first-order valence-electron chi connectivity index (χ1n) is 12.0. The lowest BCUT2D eigenvalue weighted by atomic mass is 10.0. The molecule has 0 aliphatic carbocycles. The van der Waals surface area contributed by atoms with E-state index in [9.17, 15) is 17.6 Å². The molecule has 2 aromatic carbocycles. The maximum atomic E-state index is 14.7. The normalized spacial score (nSPS) is 11.9. The van der Waals surface area contributed by atoms with Gasteiger partial charge in [-0.15, -0.1) is 0 Å². The van der Waals surface area contributed by atoms with Crippen molar-refractivity contribution in [2.75, 3.05) is 0 Å². The molecule has 0 bridgehead atoms. The van der Waals surface area contributed by atoms with Gasteiger partial charge in [0.1, 0.15) is 17.2 Å². The van der Waals surface area contributed by atoms with Crippen molar-refractivity contribution in [3.8, 4) is 22.8 Å². The Bertz CT molecular complexity index is 1810. The van der Waals surface area contributed by atoms with Crippen LogP contribution in [-0.2, 0) is 26.8 Å². The highest BCUT2D eigenvalue weighted by Gasteiger charge is 2.34. The molecular formula is C28H25F4N7. The quantitative estimate of drug-likeness (QED) is 0.286. The fourth-order valence-corrected chi connectivity index (χ4v) is 4.75. The Morgan fingerprint density at radius 3 is 2.33 bits per heavy atom. The number of imidazole rings is 2. The number of nitrogens with zero attached hydrogens (tertiary/aromatic N) is 6. The standard InChI is InChI=1S/C28H25F4N7/c1-15(2)22-19(7-6-8-20(22)29)24-34-16(3)23-26(36-24)39(27(33)38(23)5)13-17-9-11-18(12-10-17)25-35-21(14-37(25)4)28(30,31)32/h6-12,14,33H,1,13H2,2-5H3. The van der Waals surface area contributed by atoms with Crippen LogP contribution in [0.25, 0.3) is 39.5 Å². The SMILES string of the molecule is C=C(C)c1c(F)cccc1-c1nc(C)c2c(n1)n(Cc1ccc(-c3nc(C(F)(F)F)cn3C)cc1)c(=N)n2C. The molecule has 5 aromatic rings. The van der Waals surface area contributed by atoms with Crippen molar-refractivity contribution >= 4 is 16.7 Å². The average molecular weight is 536 g/mol. The molecule has 3 aromatic heterocycles. The van der Waals surface area contributed by atoms with Crippen LogP contribution < -0.4 is 5.62 Å². The number of benzene rings is 2. The molecule has 7 nitrogen and oxygen atoms in total. The van der Waals surface area contributed by atoms with E-state index in [1.54, 1.807) is 59.5 Å². The lowest BCUT2D eigenvalue weighted by Gasteiger charge is -2.11. The molecular weight excluding hydrogens is 510 g/mol. The largest absolute Gasteiger partial charge is 0.434 e. The Morgan fingerprint density at radius 2 is 1.72 bits per heavy atom. The zero-order valence-corrected chi connectivity index (χ0v) is 21.7. The van der Waals surface area contributed by atoms with Crippen LogP contribution in [0.1, 0.15) is 29.4 Å². The summed E-state index contributed by atoms with van der Waals surface area (Å²) in [6.45, 7) is 7.71. The molecule has 5 rings (SSSR count). The van der Waals surface area contributed by atoms with Crippen LogP contribution in [0.2, 0.25) is 0 Å². The van der Waals surface area contributed by atoms with E-state index in [1.807, 2.05) is 6.92 Å². The number of halogens is 4. The summed E-state index contributed by atoms with van der Waals surface area (Å²) in [7, 11) is 3.27. The van der Waals surface area contributed by atoms with Crippen LogP contribution in [-0.4, -0.2) is 28.7 Å². The number of fused-ring (bicyclic) bond motifs is 1. The lowest BCUT2D eigenvalue weighted by molar-refractivity contribution is -0.140. The zero-order chi connectivity index (χ0) is 28.2. The molecule has 0 spiro atoms. The van der Waals surface area contributed by atoms with Gasteiger partial charge in [0.05, 0.1) is 12.2 Å². The molecule has 0 aliphatic heterocycles. The van der Waals surface area contributed by atoms with Gasteiger partial charge in [0.25, 0.3) is 0 Å². The van der Waals surface area contributed by atoms with Gasteiger partial charge in [0, 0.05) is 37.0 Å². The molecule has 1 N–H and O–H groups in total. The summed E-state index contributed by atoms with van der Waals surface area (Å²) >= 11 is 0. The Kier molecular flexibility index (Phi) is 6.24. The van der Waals surface area contributed by atoms with Gasteiger partial charge in [-0.05, 0) is 31.1 Å². The summed E-state index contributed by atoms with van der Waals surface area (Å²) in [5.41, 5.74) is 3.76. The van der Waals surface area contributed by atoms with E-state index >= 15 is 0 Å². The molecule has 0 saturated heterocycles. The highest BCUT2D eigenvalue weighted by molar-refractivity contribution is 5.81. The highest BCUT2D eigenvalue weighted by atomic mass is 19.4. The van der Waals surface area contributed by atoms with E-state index < -0.39 is 17.7 Å². The van der Waals surface area contributed by atoms with Crippen LogP contribution in [0.3, 0.4) is 0 Å². The summed E-state index contributed by atoms with van der Waals surface area (Å²) in [6, 6.07) is 11.7. The fraction of sp³-hybridized carbons (Fsp3) is 0.214. The van der Waals surface area contributed by atoms with Crippen molar-refractivity contribution < 1.29 is 17.6 Å². The summed E-state index contributed by atoms with van der Waals surface area (Å²) < 4.78 is 58.6. The van der Waals surface area contributed by atoms with E-state index in [0.717, 1.165) is 11.8 Å². The van der Waals surface area contributed by atoms with E-state index in [2.05, 4.69) is 16.5 Å². The first-order chi connectivity index (χ1) is 18.4. The number of alkyl halides is 3. The van der Waals surface area contributed by atoms with Gasteiger partial charge in [0.15, 0.2) is 17.2 Å². The van der Waals surface area contributed by atoms with Crippen LogP contribution in [0, 0.1) is 18.2 Å². The molecule has 0 fully saturated rings. The number of allylic oxidation sites excluding steroid dienone is 1. The number of hydrogen-bond donors (Lipinski definition) is 1. The summed E-state index contributed by atoms with van der Waals surface area (Å²) in [6.07, 6.45) is -3.57. The van der Waals surface area contributed by atoms with Crippen molar-refractivity contribution in [2.45, 2.75) is 26.6 Å². The smallest absolute Gasteiger partial charge is 0.333 e. The Hall–Kier alpha value is -4.54. The minimum atomic E-state index is -4.53. The Labute approximate surface area is 221 Å². The molecule has 0 amide bonds. The zero-order valence-electron chi connectivity index (χ0n) is 21.7. The van der Waals surface area contributed by atoms with Gasteiger partial charge in [-0.3, -0.25) is 9.98 Å². The highest BCUT2D eigenvalue weighted by Crippen LogP contribution is 2.32. The second-order valence-corrected chi connectivity index (χ2v) is 9.47. The number of nitrogens with one attached hydrogen (secondary N) is 1. The second-order valence-electron chi connectivity index (χ2n) is 9.47. The van der Waals surface area contributed by atoms with E-state index in [1.165, 1.54) is 17.7 Å². The summed E-state index contributed by atoms with van der Waals surface area (Å²) in [5.74, 6) is 0.102. The topological polar surface area (TPSA) is 77.3 Å². The van der Waals surface area contributed by atoms with Crippen LogP contribution in [0.15, 0.2) is 55.2 Å².